The maximum atomic E-state index is 11.7. The molecule has 0 saturated heterocycles. The first-order valence-electron chi connectivity index (χ1n) is 6.99. The number of aromatic nitrogens is 2. The highest BCUT2D eigenvalue weighted by Gasteiger charge is 2.03. The Morgan fingerprint density at radius 3 is 2.65 bits per heavy atom. The highest BCUT2D eigenvalue weighted by molar-refractivity contribution is 5.75. The number of carbonyl (C=O) groups is 1. The van der Waals surface area contributed by atoms with E-state index in [2.05, 4.69) is 24.1 Å². The van der Waals surface area contributed by atoms with Gasteiger partial charge in [0, 0.05) is 31.0 Å². The van der Waals surface area contributed by atoms with Crippen LogP contribution in [0.3, 0.4) is 0 Å². The van der Waals surface area contributed by atoms with Crippen LogP contribution in [-0.4, -0.2) is 15.5 Å². The van der Waals surface area contributed by atoms with Crippen LogP contribution in [0.15, 0.2) is 43.0 Å². The van der Waals surface area contributed by atoms with Gasteiger partial charge in [-0.2, -0.15) is 0 Å². The zero-order chi connectivity index (χ0) is 14.4. The van der Waals surface area contributed by atoms with Crippen molar-refractivity contribution in [3.8, 4) is 5.69 Å². The van der Waals surface area contributed by atoms with Crippen LogP contribution in [-0.2, 0) is 11.3 Å². The van der Waals surface area contributed by atoms with Gasteiger partial charge in [0.2, 0.25) is 5.91 Å². The summed E-state index contributed by atoms with van der Waals surface area (Å²) in [6, 6.07) is 8.10. The molecule has 1 amide bonds. The summed E-state index contributed by atoms with van der Waals surface area (Å²) >= 11 is 0. The fourth-order valence-corrected chi connectivity index (χ4v) is 1.91. The van der Waals surface area contributed by atoms with E-state index < -0.39 is 0 Å². The number of imidazole rings is 1. The Morgan fingerprint density at radius 2 is 2.05 bits per heavy atom. The first-order chi connectivity index (χ1) is 9.65. The third-order valence-electron chi connectivity index (χ3n) is 3.18. The quantitative estimate of drug-likeness (QED) is 0.878. The summed E-state index contributed by atoms with van der Waals surface area (Å²) in [5, 5.41) is 2.95. The van der Waals surface area contributed by atoms with Crippen LogP contribution < -0.4 is 5.32 Å². The van der Waals surface area contributed by atoms with E-state index in [0.29, 0.717) is 18.9 Å². The average molecular weight is 271 g/mol. The third-order valence-corrected chi connectivity index (χ3v) is 3.18. The number of nitrogens with zero attached hydrogens (tertiary/aromatic N) is 2. The van der Waals surface area contributed by atoms with Crippen molar-refractivity contribution < 1.29 is 4.79 Å². The van der Waals surface area contributed by atoms with E-state index in [-0.39, 0.29) is 5.91 Å². The lowest BCUT2D eigenvalue weighted by Gasteiger charge is -2.08. The van der Waals surface area contributed by atoms with Gasteiger partial charge < -0.3 is 9.88 Å². The molecule has 1 N–H and O–H groups in total. The molecule has 0 aliphatic carbocycles. The third kappa shape index (κ3) is 4.23. The van der Waals surface area contributed by atoms with Gasteiger partial charge in [-0.05, 0) is 30.0 Å². The van der Waals surface area contributed by atoms with E-state index in [9.17, 15) is 4.79 Å². The predicted octanol–water partition coefficient (Wildman–Crippen LogP) is 2.92. The van der Waals surface area contributed by atoms with Crippen molar-refractivity contribution in [2.45, 2.75) is 33.2 Å². The number of hydrogen-bond donors (Lipinski definition) is 1. The lowest BCUT2D eigenvalue weighted by atomic mass is 10.1. The van der Waals surface area contributed by atoms with Gasteiger partial charge in [0.15, 0.2) is 0 Å². The molecular formula is C16H21N3O. The average Bonchev–Trinajstić information content (AvgIpc) is 2.97. The zero-order valence-electron chi connectivity index (χ0n) is 12.0. The summed E-state index contributed by atoms with van der Waals surface area (Å²) in [7, 11) is 0. The predicted molar refractivity (Wildman–Crippen MR) is 79.5 cm³/mol. The van der Waals surface area contributed by atoms with Crippen molar-refractivity contribution in [3.63, 3.8) is 0 Å². The summed E-state index contributed by atoms with van der Waals surface area (Å²) in [5.41, 5.74) is 2.17. The number of benzene rings is 1. The minimum absolute atomic E-state index is 0.123. The molecule has 4 nitrogen and oxygen atoms in total. The van der Waals surface area contributed by atoms with Crippen LogP contribution in [0.25, 0.3) is 5.69 Å². The normalized spacial score (nSPS) is 10.8. The molecule has 1 aromatic carbocycles. The van der Waals surface area contributed by atoms with Crippen molar-refractivity contribution in [2.75, 3.05) is 0 Å². The van der Waals surface area contributed by atoms with Crippen molar-refractivity contribution in [3.05, 3.63) is 48.5 Å². The minimum atomic E-state index is 0.123. The number of nitrogens with one attached hydrogen (secondary N) is 1. The molecule has 20 heavy (non-hydrogen) atoms. The Labute approximate surface area is 119 Å². The second kappa shape index (κ2) is 6.89. The highest BCUT2D eigenvalue weighted by Crippen LogP contribution is 2.09. The smallest absolute Gasteiger partial charge is 0.220 e. The number of carbonyl (C=O) groups excluding carboxylic acids is 1. The molecule has 2 aromatic rings. The largest absolute Gasteiger partial charge is 0.352 e. The molecule has 106 valence electrons. The number of amides is 1. The maximum Gasteiger partial charge on any atom is 0.220 e. The van der Waals surface area contributed by atoms with E-state index in [4.69, 9.17) is 0 Å². The number of rotatable bonds is 6. The van der Waals surface area contributed by atoms with E-state index in [0.717, 1.165) is 17.7 Å². The van der Waals surface area contributed by atoms with Crippen molar-refractivity contribution in [1.29, 1.82) is 0 Å². The first-order valence-corrected chi connectivity index (χ1v) is 6.99. The molecular weight excluding hydrogens is 250 g/mol. The molecule has 1 heterocycles. The molecule has 0 atom stereocenters. The fraction of sp³-hybridized carbons (Fsp3) is 0.375. The summed E-state index contributed by atoms with van der Waals surface area (Å²) < 4.78 is 1.95. The fourth-order valence-electron chi connectivity index (χ4n) is 1.91. The summed E-state index contributed by atoms with van der Waals surface area (Å²) in [6.07, 6.45) is 6.96. The second-order valence-corrected chi connectivity index (χ2v) is 5.35. The maximum absolute atomic E-state index is 11.7. The molecule has 0 bridgehead atoms. The van der Waals surface area contributed by atoms with E-state index in [1.807, 2.05) is 35.0 Å². The van der Waals surface area contributed by atoms with Gasteiger partial charge in [-0.1, -0.05) is 26.0 Å². The zero-order valence-corrected chi connectivity index (χ0v) is 12.0. The molecule has 0 aliphatic rings. The highest BCUT2D eigenvalue weighted by atomic mass is 16.1. The van der Waals surface area contributed by atoms with Crippen LogP contribution in [0, 0.1) is 5.92 Å². The van der Waals surface area contributed by atoms with Crippen LogP contribution in [0.1, 0.15) is 32.3 Å². The van der Waals surface area contributed by atoms with Gasteiger partial charge in [-0.3, -0.25) is 4.79 Å². The first kappa shape index (κ1) is 14.3. The molecule has 0 fully saturated rings. The van der Waals surface area contributed by atoms with Gasteiger partial charge in [0.25, 0.3) is 0 Å². The van der Waals surface area contributed by atoms with Gasteiger partial charge >= 0.3 is 0 Å². The Balaban J connectivity index is 1.84. The molecule has 2 rings (SSSR count). The van der Waals surface area contributed by atoms with Crippen molar-refractivity contribution >= 4 is 5.91 Å². The lowest BCUT2D eigenvalue weighted by Crippen LogP contribution is -2.22. The molecule has 0 radical (unpaired) electrons. The summed E-state index contributed by atoms with van der Waals surface area (Å²) in [5.74, 6) is 0.688. The monoisotopic (exact) mass is 271 g/mol. The molecule has 0 spiro atoms. The van der Waals surface area contributed by atoms with E-state index in [1.54, 1.807) is 12.5 Å². The van der Waals surface area contributed by atoms with Gasteiger partial charge in [-0.15, -0.1) is 0 Å². The molecule has 0 unspecified atom stereocenters. The van der Waals surface area contributed by atoms with Gasteiger partial charge in [0.05, 0.1) is 6.33 Å². The van der Waals surface area contributed by atoms with Gasteiger partial charge in [0.1, 0.15) is 0 Å². The Bertz CT molecular complexity index is 529. The van der Waals surface area contributed by atoms with Crippen LogP contribution in [0.5, 0.6) is 0 Å². The van der Waals surface area contributed by atoms with Crippen LogP contribution >= 0.6 is 0 Å². The molecule has 4 heteroatoms. The topological polar surface area (TPSA) is 46.9 Å². The summed E-state index contributed by atoms with van der Waals surface area (Å²) in [4.78, 5) is 15.7. The van der Waals surface area contributed by atoms with Crippen LogP contribution in [0.2, 0.25) is 0 Å². The molecule has 0 saturated carbocycles. The van der Waals surface area contributed by atoms with E-state index in [1.165, 1.54) is 0 Å². The van der Waals surface area contributed by atoms with Crippen molar-refractivity contribution in [1.82, 2.24) is 14.9 Å². The number of hydrogen-bond acceptors (Lipinski definition) is 2. The van der Waals surface area contributed by atoms with Crippen LogP contribution in [0.4, 0.5) is 0 Å². The minimum Gasteiger partial charge on any atom is -0.352 e. The Hall–Kier alpha value is -2.10. The Morgan fingerprint density at radius 1 is 1.30 bits per heavy atom. The SMILES string of the molecule is CC(C)CCC(=O)NCc1ccc(-n2ccnc2)cc1. The standard InChI is InChI=1S/C16H21N3O/c1-13(2)3-8-16(20)18-11-14-4-6-15(7-5-14)19-10-9-17-12-19/h4-7,9-10,12-13H,3,8,11H2,1-2H3,(H,18,20). The van der Waals surface area contributed by atoms with Crippen molar-refractivity contribution in [2.24, 2.45) is 5.92 Å². The van der Waals surface area contributed by atoms with E-state index >= 15 is 0 Å². The lowest BCUT2D eigenvalue weighted by molar-refractivity contribution is -0.121. The second-order valence-electron chi connectivity index (χ2n) is 5.35. The molecule has 1 aromatic heterocycles. The molecule has 0 aliphatic heterocycles. The van der Waals surface area contributed by atoms with Gasteiger partial charge in [-0.25, -0.2) is 4.98 Å². The summed E-state index contributed by atoms with van der Waals surface area (Å²) in [6.45, 7) is 4.84. The Kier molecular flexibility index (Phi) is 4.93.